The second-order valence-corrected chi connectivity index (χ2v) is 7.94. The van der Waals surface area contributed by atoms with E-state index in [1.165, 1.54) is 12.1 Å². The maximum Gasteiger partial charge on any atom is 0.229 e. The molecule has 1 aromatic heterocycles. The molecular formula is C22H21FN4OS. The van der Waals surface area contributed by atoms with Gasteiger partial charge in [0.05, 0.1) is 5.92 Å². The minimum Gasteiger partial charge on any atom is -0.354 e. The number of benzene rings is 2. The number of nitrogens with one attached hydrogen (secondary N) is 1. The topological polar surface area (TPSA) is 58.1 Å². The van der Waals surface area contributed by atoms with Crippen molar-refractivity contribution < 1.29 is 9.18 Å². The van der Waals surface area contributed by atoms with Crippen LogP contribution in [0.15, 0.2) is 76.9 Å². The molecule has 0 bridgehead atoms. The highest BCUT2D eigenvalue weighted by molar-refractivity contribution is 7.99. The van der Waals surface area contributed by atoms with Crippen LogP contribution in [0, 0.1) is 11.7 Å². The maximum atomic E-state index is 13.1. The molecule has 0 unspecified atom stereocenters. The molecule has 1 aliphatic heterocycles. The number of carbonyl (C=O) groups excluding carboxylic acids is 1. The zero-order valence-electron chi connectivity index (χ0n) is 15.8. The first-order valence-corrected chi connectivity index (χ1v) is 10.4. The molecule has 148 valence electrons. The van der Waals surface area contributed by atoms with Crippen molar-refractivity contribution in [3.63, 3.8) is 0 Å². The molecule has 1 amide bonds. The summed E-state index contributed by atoms with van der Waals surface area (Å²) < 4.78 is 13.1. The van der Waals surface area contributed by atoms with E-state index in [9.17, 15) is 9.18 Å². The van der Waals surface area contributed by atoms with Gasteiger partial charge in [0.2, 0.25) is 5.91 Å². The molecule has 5 nitrogen and oxygen atoms in total. The lowest BCUT2D eigenvalue weighted by Gasteiger charge is -2.33. The van der Waals surface area contributed by atoms with Crippen LogP contribution in [0.4, 0.5) is 15.9 Å². The minimum atomic E-state index is -0.321. The number of anilines is 2. The molecule has 2 aromatic carbocycles. The smallest absolute Gasteiger partial charge is 0.229 e. The van der Waals surface area contributed by atoms with Crippen LogP contribution in [-0.4, -0.2) is 29.0 Å². The third-order valence-corrected chi connectivity index (χ3v) is 5.80. The fourth-order valence-electron chi connectivity index (χ4n) is 3.37. The molecule has 29 heavy (non-hydrogen) atoms. The molecule has 0 radical (unpaired) electrons. The molecular weight excluding hydrogens is 387 g/mol. The predicted molar refractivity (Wildman–Crippen MR) is 113 cm³/mol. The van der Waals surface area contributed by atoms with E-state index in [2.05, 4.69) is 20.2 Å². The van der Waals surface area contributed by atoms with Gasteiger partial charge in [0.25, 0.3) is 0 Å². The fourth-order valence-corrected chi connectivity index (χ4v) is 4.27. The SMILES string of the molecule is O=C(Nc1ccc(F)cc1)[C@H]1CCCN(c2nccnc2Sc2ccccc2)C1. The number of carbonyl (C=O) groups is 1. The highest BCUT2D eigenvalue weighted by Gasteiger charge is 2.28. The van der Waals surface area contributed by atoms with Crippen molar-refractivity contribution in [1.29, 1.82) is 0 Å². The number of halogens is 1. The van der Waals surface area contributed by atoms with Crippen molar-refractivity contribution in [2.24, 2.45) is 5.92 Å². The lowest BCUT2D eigenvalue weighted by atomic mass is 9.97. The van der Waals surface area contributed by atoms with Gasteiger partial charge in [-0.3, -0.25) is 4.79 Å². The summed E-state index contributed by atoms with van der Waals surface area (Å²) in [6.07, 6.45) is 5.09. The Hall–Kier alpha value is -2.93. The molecule has 2 heterocycles. The average Bonchev–Trinajstić information content (AvgIpc) is 2.76. The molecule has 0 saturated carbocycles. The van der Waals surface area contributed by atoms with Crippen LogP contribution < -0.4 is 10.2 Å². The van der Waals surface area contributed by atoms with Gasteiger partial charge in [-0.05, 0) is 49.2 Å². The lowest BCUT2D eigenvalue weighted by Crippen LogP contribution is -2.41. The molecule has 1 N–H and O–H groups in total. The summed E-state index contributed by atoms with van der Waals surface area (Å²) >= 11 is 1.57. The Labute approximate surface area is 173 Å². The van der Waals surface area contributed by atoms with Crippen molar-refractivity contribution in [2.75, 3.05) is 23.3 Å². The number of nitrogens with zero attached hydrogens (tertiary/aromatic N) is 3. The van der Waals surface area contributed by atoms with Crippen LogP contribution in [0.1, 0.15) is 12.8 Å². The fraction of sp³-hybridized carbons (Fsp3) is 0.227. The van der Waals surface area contributed by atoms with Crippen molar-refractivity contribution in [2.45, 2.75) is 22.8 Å². The summed E-state index contributed by atoms with van der Waals surface area (Å²) in [5.74, 6) is 0.270. The van der Waals surface area contributed by atoms with Crippen LogP contribution in [0.2, 0.25) is 0 Å². The van der Waals surface area contributed by atoms with E-state index in [0.29, 0.717) is 12.2 Å². The van der Waals surface area contributed by atoms with E-state index in [1.807, 2.05) is 30.3 Å². The van der Waals surface area contributed by atoms with Crippen molar-refractivity contribution in [3.8, 4) is 0 Å². The third-order valence-electron chi connectivity index (χ3n) is 4.81. The van der Waals surface area contributed by atoms with E-state index >= 15 is 0 Å². The molecule has 1 aliphatic rings. The Morgan fingerprint density at radius 1 is 1.07 bits per heavy atom. The van der Waals surface area contributed by atoms with Gasteiger partial charge in [0, 0.05) is 36.1 Å². The number of hydrogen-bond acceptors (Lipinski definition) is 5. The molecule has 1 fully saturated rings. The van der Waals surface area contributed by atoms with Crippen molar-refractivity contribution in [1.82, 2.24) is 9.97 Å². The second kappa shape index (κ2) is 9.05. The highest BCUT2D eigenvalue weighted by Crippen LogP contribution is 2.34. The Bertz CT molecular complexity index is 968. The van der Waals surface area contributed by atoms with Crippen LogP contribution in [0.25, 0.3) is 0 Å². The van der Waals surface area contributed by atoms with Gasteiger partial charge in [-0.15, -0.1) is 0 Å². The van der Waals surface area contributed by atoms with Crippen molar-refractivity contribution >= 4 is 29.2 Å². The maximum absolute atomic E-state index is 13.1. The van der Waals surface area contributed by atoms with E-state index in [0.717, 1.165) is 35.1 Å². The first kappa shape index (κ1) is 19.4. The lowest BCUT2D eigenvalue weighted by molar-refractivity contribution is -0.120. The monoisotopic (exact) mass is 408 g/mol. The van der Waals surface area contributed by atoms with Crippen LogP contribution in [-0.2, 0) is 4.79 Å². The minimum absolute atomic E-state index is 0.0533. The summed E-state index contributed by atoms with van der Waals surface area (Å²) in [7, 11) is 0. The summed E-state index contributed by atoms with van der Waals surface area (Å²) in [5.41, 5.74) is 0.605. The quantitative estimate of drug-likeness (QED) is 0.667. The first-order chi connectivity index (χ1) is 14.2. The third kappa shape index (κ3) is 4.92. The van der Waals surface area contributed by atoms with Crippen LogP contribution >= 0.6 is 11.8 Å². The number of rotatable bonds is 5. The predicted octanol–water partition coefficient (Wildman–Crippen LogP) is 4.62. The summed E-state index contributed by atoms with van der Waals surface area (Å²) in [4.78, 5) is 25.0. The molecule has 1 saturated heterocycles. The first-order valence-electron chi connectivity index (χ1n) is 9.54. The highest BCUT2D eigenvalue weighted by atomic mass is 32.2. The van der Waals surface area contributed by atoms with Gasteiger partial charge in [0.15, 0.2) is 5.82 Å². The van der Waals surface area contributed by atoms with E-state index in [-0.39, 0.29) is 17.6 Å². The average molecular weight is 409 g/mol. The standard InChI is InChI=1S/C22H21FN4OS/c23-17-8-10-18(11-9-17)26-21(28)16-5-4-14-27(15-16)20-22(25-13-12-24-20)29-19-6-2-1-3-7-19/h1-3,6-13,16H,4-5,14-15H2,(H,26,28)/t16-/m0/s1. The van der Waals surface area contributed by atoms with E-state index in [4.69, 9.17) is 0 Å². The van der Waals surface area contributed by atoms with Gasteiger partial charge < -0.3 is 10.2 Å². The molecule has 1 atom stereocenters. The number of aromatic nitrogens is 2. The molecule has 7 heteroatoms. The van der Waals surface area contributed by atoms with Gasteiger partial charge in [0.1, 0.15) is 10.8 Å². The largest absolute Gasteiger partial charge is 0.354 e. The van der Waals surface area contributed by atoms with Crippen LogP contribution in [0.3, 0.4) is 0 Å². The number of piperidine rings is 1. The second-order valence-electron chi connectivity index (χ2n) is 6.88. The van der Waals surface area contributed by atoms with E-state index in [1.54, 1.807) is 36.3 Å². The molecule has 4 rings (SSSR count). The van der Waals surface area contributed by atoms with Gasteiger partial charge in [-0.25, -0.2) is 14.4 Å². The molecule has 0 spiro atoms. The Morgan fingerprint density at radius 2 is 1.83 bits per heavy atom. The summed E-state index contributed by atoms with van der Waals surface area (Å²) in [6, 6.07) is 15.9. The number of hydrogen-bond donors (Lipinski definition) is 1. The van der Waals surface area contributed by atoms with Crippen molar-refractivity contribution in [3.05, 3.63) is 72.8 Å². The Morgan fingerprint density at radius 3 is 2.62 bits per heavy atom. The van der Waals surface area contributed by atoms with E-state index < -0.39 is 0 Å². The van der Waals surface area contributed by atoms with Gasteiger partial charge in [-0.2, -0.15) is 0 Å². The summed E-state index contributed by atoms with van der Waals surface area (Å²) in [5, 5.41) is 3.72. The normalized spacial score (nSPS) is 16.4. The van der Waals surface area contributed by atoms with Gasteiger partial charge in [-0.1, -0.05) is 30.0 Å². The van der Waals surface area contributed by atoms with Crippen LogP contribution in [0.5, 0.6) is 0 Å². The molecule has 0 aliphatic carbocycles. The molecule has 3 aromatic rings. The Balaban J connectivity index is 1.47. The summed E-state index contributed by atoms with van der Waals surface area (Å²) in [6.45, 7) is 1.41. The number of amides is 1. The van der Waals surface area contributed by atoms with Gasteiger partial charge >= 0.3 is 0 Å². The zero-order chi connectivity index (χ0) is 20.1. The Kier molecular flexibility index (Phi) is 6.05. The zero-order valence-corrected chi connectivity index (χ0v) is 16.6.